The number of esters is 1. The normalized spacial score (nSPS) is 30.9. The summed E-state index contributed by atoms with van der Waals surface area (Å²) in [6, 6.07) is 11.8. The van der Waals surface area contributed by atoms with Crippen LogP contribution in [-0.2, 0) is 6.18 Å². The van der Waals surface area contributed by atoms with Crippen molar-refractivity contribution in [1.82, 2.24) is 0 Å². The topological polar surface area (TPSA) is 35.5 Å². The van der Waals surface area contributed by atoms with Crippen molar-refractivity contribution >= 4 is 5.97 Å². The van der Waals surface area contributed by atoms with Gasteiger partial charge in [-0.3, -0.25) is 0 Å². The number of rotatable bonds is 5. The number of benzene rings is 2. The summed E-state index contributed by atoms with van der Waals surface area (Å²) in [5.41, 5.74) is -1.39. The van der Waals surface area contributed by atoms with Gasteiger partial charge in [0.1, 0.15) is 17.1 Å². The predicted octanol–water partition coefficient (Wildman–Crippen LogP) is 6.91. The predicted molar refractivity (Wildman–Crippen MR) is 114 cm³/mol. The minimum Gasteiger partial charge on any atom is -0.486 e. The lowest BCUT2D eigenvalue weighted by Crippen LogP contribution is -2.46. The maximum absolute atomic E-state index is 13.8. The van der Waals surface area contributed by atoms with E-state index in [1.165, 1.54) is 18.9 Å². The molecule has 5 unspecified atom stereocenters. The summed E-state index contributed by atoms with van der Waals surface area (Å²) in [6.45, 7) is 2.01. The molecule has 32 heavy (non-hydrogen) atoms. The van der Waals surface area contributed by atoms with Crippen molar-refractivity contribution in [1.29, 1.82) is 0 Å². The second-order valence-electron chi connectivity index (χ2n) is 9.50. The number of fused-ring (bicyclic) bond motifs is 5. The number of halogens is 3. The van der Waals surface area contributed by atoms with Crippen LogP contribution in [0.5, 0.6) is 11.5 Å². The average molecular weight is 444 g/mol. The molecule has 3 fully saturated rings. The Morgan fingerprint density at radius 1 is 1.09 bits per heavy atom. The number of carbonyl (C=O) groups excluding carboxylic acids is 1. The Morgan fingerprint density at radius 3 is 2.56 bits per heavy atom. The standard InChI is InChI=1S/C26H27F3O3/c1-2-25(15-17-13-22(25)20-10-6-9-19(17)20)32-23-14-16(11-12-21(23)26(27,28)29)24(30)31-18-7-4-3-5-8-18/h3-5,7-8,11-12,14,17,19-20,22H,2,6,9-10,13,15H2,1H3. The highest BCUT2D eigenvalue weighted by Gasteiger charge is 2.61. The van der Waals surface area contributed by atoms with Gasteiger partial charge >= 0.3 is 12.1 Å². The van der Waals surface area contributed by atoms with Crippen molar-refractivity contribution in [2.24, 2.45) is 23.7 Å². The fraction of sp³-hybridized carbons (Fsp3) is 0.500. The molecule has 3 aliphatic rings. The number of carbonyl (C=O) groups is 1. The van der Waals surface area contributed by atoms with E-state index in [1.807, 2.05) is 6.92 Å². The van der Waals surface area contributed by atoms with Crippen molar-refractivity contribution < 1.29 is 27.4 Å². The highest BCUT2D eigenvalue weighted by Crippen LogP contribution is 2.64. The molecule has 0 aromatic heterocycles. The molecule has 6 heteroatoms. The number of hydrogen-bond acceptors (Lipinski definition) is 3. The smallest absolute Gasteiger partial charge is 0.419 e. The third kappa shape index (κ3) is 3.57. The molecule has 3 aliphatic carbocycles. The van der Waals surface area contributed by atoms with Crippen LogP contribution in [0.4, 0.5) is 13.2 Å². The van der Waals surface area contributed by atoms with Crippen LogP contribution in [0.1, 0.15) is 61.4 Å². The lowest BCUT2D eigenvalue weighted by molar-refractivity contribution is -0.141. The van der Waals surface area contributed by atoms with E-state index in [0.29, 0.717) is 29.9 Å². The SMILES string of the molecule is CCC1(Oc2cc(C(=O)Oc3ccccc3)ccc2C(F)(F)F)CC2CC1C1CCCC21. The molecule has 0 aliphatic heterocycles. The van der Waals surface area contributed by atoms with Crippen molar-refractivity contribution in [2.45, 2.75) is 57.2 Å². The van der Waals surface area contributed by atoms with Crippen LogP contribution in [-0.4, -0.2) is 11.6 Å². The Kier molecular flexibility index (Phi) is 5.22. The lowest BCUT2D eigenvalue weighted by atomic mass is 9.71. The Labute approximate surface area is 185 Å². The number of ether oxygens (including phenoxy) is 2. The summed E-state index contributed by atoms with van der Waals surface area (Å²) in [5.74, 6) is 1.45. The second-order valence-corrected chi connectivity index (χ2v) is 9.50. The fourth-order valence-corrected chi connectivity index (χ4v) is 6.65. The zero-order valence-corrected chi connectivity index (χ0v) is 18.0. The van der Waals surface area contributed by atoms with E-state index < -0.39 is 23.3 Å². The van der Waals surface area contributed by atoms with Gasteiger partial charge in [-0.25, -0.2) is 4.79 Å². The summed E-state index contributed by atoms with van der Waals surface area (Å²) >= 11 is 0. The molecule has 0 saturated heterocycles. The first kappa shape index (κ1) is 21.4. The van der Waals surface area contributed by atoms with E-state index in [4.69, 9.17) is 9.47 Å². The van der Waals surface area contributed by atoms with Crippen LogP contribution in [0.15, 0.2) is 48.5 Å². The van der Waals surface area contributed by atoms with Gasteiger partial charge < -0.3 is 9.47 Å². The largest absolute Gasteiger partial charge is 0.486 e. The van der Waals surface area contributed by atoms with Crippen LogP contribution in [0.25, 0.3) is 0 Å². The van der Waals surface area contributed by atoms with Crippen LogP contribution >= 0.6 is 0 Å². The Hall–Kier alpha value is -2.50. The van der Waals surface area contributed by atoms with Gasteiger partial charge in [-0.15, -0.1) is 0 Å². The third-order valence-electron chi connectivity index (χ3n) is 7.98. The molecule has 3 saturated carbocycles. The minimum absolute atomic E-state index is 0.0463. The lowest BCUT2D eigenvalue weighted by Gasteiger charge is -2.43. The molecular formula is C26H27F3O3. The Morgan fingerprint density at radius 2 is 1.84 bits per heavy atom. The Bertz CT molecular complexity index is 1000. The van der Waals surface area contributed by atoms with Gasteiger partial charge in [0.2, 0.25) is 0 Å². The number of hydrogen-bond donors (Lipinski definition) is 0. The van der Waals surface area contributed by atoms with Crippen molar-refractivity contribution in [3.63, 3.8) is 0 Å². The number of para-hydroxylation sites is 1. The minimum atomic E-state index is -4.57. The van der Waals surface area contributed by atoms with Gasteiger partial charge in [-0.1, -0.05) is 31.5 Å². The summed E-state index contributed by atoms with van der Waals surface area (Å²) in [7, 11) is 0. The van der Waals surface area contributed by atoms with Gasteiger partial charge in [0.25, 0.3) is 0 Å². The molecule has 0 N–H and O–H groups in total. The summed E-state index contributed by atoms with van der Waals surface area (Å²) in [5, 5.41) is 0. The van der Waals surface area contributed by atoms with Gasteiger partial charge in [0.05, 0.1) is 11.1 Å². The summed E-state index contributed by atoms with van der Waals surface area (Å²) in [4.78, 5) is 12.6. The zero-order valence-electron chi connectivity index (χ0n) is 18.0. The molecule has 5 rings (SSSR count). The molecule has 170 valence electrons. The van der Waals surface area contributed by atoms with Gasteiger partial charge in [-0.05, 0) is 80.2 Å². The molecule has 0 heterocycles. The van der Waals surface area contributed by atoms with Gasteiger partial charge in [0.15, 0.2) is 0 Å². The van der Waals surface area contributed by atoms with Crippen molar-refractivity contribution in [2.75, 3.05) is 0 Å². The van der Waals surface area contributed by atoms with E-state index in [1.54, 1.807) is 30.3 Å². The second kappa shape index (κ2) is 7.82. The maximum Gasteiger partial charge on any atom is 0.419 e. The van der Waals surface area contributed by atoms with Gasteiger partial charge in [0, 0.05) is 5.92 Å². The first-order valence-electron chi connectivity index (χ1n) is 11.5. The zero-order chi connectivity index (χ0) is 22.5. The average Bonchev–Trinajstić information content (AvgIpc) is 3.46. The fourth-order valence-electron chi connectivity index (χ4n) is 6.65. The molecule has 5 atom stereocenters. The quantitative estimate of drug-likeness (QED) is 0.371. The van der Waals surface area contributed by atoms with E-state index in [2.05, 4.69) is 0 Å². The van der Waals surface area contributed by atoms with Crippen LogP contribution in [0, 0.1) is 23.7 Å². The summed E-state index contributed by atoms with van der Waals surface area (Å²) < 4.78 is 53.2. The van der Waals surface area contributed by atoms with Crippen LogP contribution in [0.3, 0.4) is 0 Å². The number of alkyl halides is 3. The van der Waals surface area contributed by atoms with Crippen LogP contribution in [0.2, 0.25) is 0 Å². The third-order valence-corrected chi connectivity index (χ3v) is 7.98. The highest BCUT2D eigenvalue weighted by atomic mass is 19.4. The molecular weight excluding hydrogens is 417 g/mol. The molecule has 0 radical (unpaired) electrons. The van der Waals surface area contributed by atoms with E-state index in [-0.39, 0.29) is 17.2 Å². The first-order chi connectivity index (χ1) is 15.3. The van der Waals surface area contributed by atoms with E-state index in [0.717, 1.165) is 31.4 Å². The van der Waals surface area contributed by atoms with E-state index >= 15 is 0 Å². The molecule has 3 nitrogen and oxygen atoms in total. The highest BCUT2D eigenvalue weighted by molar-refractivity contribution is 5.91. The molecule has 0 spiro atoms. The first-order valence-corrected chi connectivity index (χ1v) is 11.5. The van der Waals surface area contributed by atoms with Gasteiger partial charge in [-0.2, -0.15) is 13.2 Å². The van der Waals surface area contributed by atoms with Crippen molar-refractivity contribution in [3.05, 3.63) is 59.7 Å². The summed E-state index contributed by atoms with van der Waals surface area (Å²) in [6.07, 6.45) is 1.52. The van der Waals surface area contributed by atoms with Crippen LogP contribution < -0.4 is 9.47 Å². The maximum atomic E-state index is 13.8. The monoisotopic (exact) mass is 444 g/mol. The Balaban J connectivity index is 1.46. The van der Waals surface area contributed by atoms with Crippen molar-refractivity contribution in [3.8, 4) is 11.5 Å². The van der Waals surface area contributed by atoms with E-state index in [9.17, 15) is 18.0 Å². The molecule has 2 bridgehead atoms. The molecule has 2 aromatic carbocycles. The molecule has 0 amide bonds. The molecule has 2 aromatic rings.